The first-order chi connectivity index (χ1) is 11.5. The molecule has 0 spiro atoms. The lowest BCUT2D eigenvalue weighted by molar-refractivity contribution is 0.00699. The summed E-state index contributed by atoms with van der Waals surface area (Å²) in [5, 5.41) is 50.0. The van der Waals surface area contributed by atoms with E-state index in [1.54, 1.807) is 6.07 Å². The molecule has 0 unspecified atom stereocenters. The molecular formula is C17H27NO6. The molecule has 1 aromatic rings. The van der Waals surface area contributed by atoms with Gasteiger partial charge in [-0.1, -0.05) is 19.4 Å². The largest absolute Gasteiger partial charge is 0.507 e. The van der Waals surface area contributed by atoms with E-state index in [2.05, 4.69) is 5.32 Å². The molecule has 1 amide bonds. The van der Waals surface area contributed by atoms with Crippen LogP contribution >= 0.6 is 0 Å². The third-order valence-corrected chi connectivity index (χ3v) is 4.21. The van der Waals surface area contributed by atoms with E-state index in [-0.39, 0.29) is 24.5 Å². The van der Waals surface area contributed by atoms with Crippen LogP contribution in [0.5, 0.6) is 5.75 Å². The van der Waals surface area contributed by atoms with Crippen LogP contribution in [0.1, 0.15) is 41.3 Å². The maximum atomic E-state index is 12.3. The van der Waals surface area contributed by atoms with E-state index in [0.29, 0.717) is 12.0 Å². The fraction of sp³-hybridized carbons (Fsp3) is 0.588. The number of aliphatic hydroxyl groups is 4. The highest BCUT2D eigenvalue weighted by molar-refractivity contribution is 5.97. The first-order valence-corrected chi connectivity index (χ1v) is 8.04. The Hall–Kier alpha value is -1.67. The Bertz CT molecular complexity index is 534. The topological polar surface area (TPSA) is 130 Å². The zero-order valence-electron chi connectivity index (χ0n) is 14.0. The third-order valence-electron chi connectivity index (χ3n) is 4.21. The van der Waals surface area contributed by atoms with Gasteiger partial charge in [-0.05, 0) is 24.5 Å². The molecule has 0 heterocycles. The fourth-order valence-electron chi connectivity index (χ4n) is 2.32. The first kappa shape index (κ1) is 20.4. The molecule has 0 saturated carbocycles. The number of carbonyl (C=O) groups is 1. The molecule has 1 aromatic carbocycles. The number of hydrogen-bond acceptors (Lipinski definition) is 6. The van der Waals surface area contributed by atoms with E-state index < -0.39 is 31.1 Å². The Morgan fingerprint density at radius 2 is 1.75 bits per heavy atom. The monoisotopic (exact) mass is 341 g/mol. The van der Waals surface area contributed by atoms with Crippen LogP contribution in [0.3, 0.4) is 0 Å². The minimum absolute atomic E-state index is 0.00187. The van der Waals surface area contributed by atoms with Crippen molar-refractivity contribution in [3.05, 3.63) is 28.8 Å². The SMILES string of the molecule is CCCCc1ccc(C(=O)NCC(CO)(CO)CO)c(O)c1CO. The van der Waals surface area contributed by atoms with Gasteiger partial charge in [-0.3, -0.25) is 4.79 Å². The number of aliphatic hydroxyl groups excluding tert-OH is 4. The second-order valence-corrected chi connectivity index (χ2v) is 6.02. The van der Waals surface area contributed by atoms with Crippen LogP contribution in [0.15, 0.2) is 12.1 Å². The molecule has 0 saturated heterocycles. The molecule has 7 heteroatoms. The summed E-state index contributed by atoms with van der Waals surface area (Å²) < 4.78 is 0. The van der Waals surface area contributed by atoms with Crippen molar-refractivity contribution in [1.29, 1.82) is 0 Å². The Kier molecular flexibility index (Phi) is 8.14. The Labute approximate surface area is 141 Å². The maximum absolute atomic E-state index is 12.3. The predicted octanol–water partition coefficient (Wildman–Crippen LogP) is -0.0798. The summed E-state index contributed by atoms with van der Waals surface area (Å²) in [6.07, 6.45) is 2.58. The number of carbonyl (C=O) groups excluding carboxylic acids is 1. The lowest BCUT2D eigenvalue weighted by Crippen LogP contribution is -2.45. The summed E-state index contributed by atoms with van der Waals surface area (Å²) in [4.78, 5) is 12.3. The van der Waals surface area contributed by atoms with Gasteiger partial charge in [-0.15, -0.1) is 0 Å². The molecular weight excluding hydrogens is 314 g/mol. The van der Waals surface area contributed by atoms with Gasteiger partial charge in [0.2, 0.25) is 0 Å². The highest BCUT2D eigenvalue weighted by atomic mass is 16.3. The van der Waals surface area contributed by atoms with E-state index >= 15 is 0 Å². The van der Waals surface area contributed by atoms with Crippen LogP contribution < -0.4 is 5.32 Å². The van der Waals surface area contributed by atoms with Crippen molar-refractivity contribution in [1.82, 2.24) is 5.32 Å². The van der Waals surface area contributed by atoms with Gasteiger partial charge < -0.3 is 30.8 Å². The molecule has 0 aliphatic carbocycles. The number of nitrogens with one attached hydrogen (secondary N) is 1. The smallest absolute Gasteiger partial charge is 0.255 e. The molecule has 0 aliphatic rings. The van der Waals surface area contributed by atoms with Crippen LogP contribution in [0, 0.1) is 5.41 Å². The van der Waals surface area contributed by atoms with Crippen LogP contribution in [0.2, 0.25) is 0 Å². The number of unbranched alkanes of at least 4 members (excludes halogenated alkanes) is 1. The second-order valence-electron chi connectivity index (χ2n) is 6.02. The molecule has 6 N–H and O–H groups in total. The number of aryl methyl sites for hydroxylation is 1. The molecule has 0 aliphatic heterocycles. The Morgan fingerprint density at radius 3 is 2.25 bits per heavy atom. The molecule has 0 fully saturated rings. The van der Waals surface area contributed by atoms with E-state index in [1.807, 2.05) is 6.92 Å². The second kappa shape index (κ2) is 9.58. The zero-order valence-corrected chi connectivity index (χ0v) is 14.0. The van der Waals surface area contributed by atoms with Crippen LogP contribution in [0.25, 0.3) is 0 Å². The molecule has 136 valence electrons. The number of amides is 1. The third kappa shape index (κ3) is 4.67. The minimum atomic E-state index is -1.23. The number of aromatic hydroxyl groups is 1. The van der Waals surface area contributed by atoms with E-state index in [9.17, 15) is 30.3 Å². The lowest BCUT2D eigenvalue weighted by Gasteiger charge is -2.27. The molecule has 7 nitrogen and oxygen atoms in total. The maximum Gasteiger partial charge on any atom is 0.255 e. The first-order valence-electron chi connectivity index (χ1n) is 8.04. The zero-order chi connectivity index (χ0) is 18.2. The van der Waals surface area contributed by atoms with Gasteiger partial charge in [0.1, 0.15) is 5.75 Å². The summed E-state index contributed by atoms with van der Waals surface area (Å²) in [5.41, 5.74) is -0.105. The normalized spacial score (nSPS) is 11.5. The van der Waals surface area contributed by atoms with Crippen LogP contribution in [0.4, 0.5) is 0 Å². The fourth-order valence-corrected chi connectivity index (χ4v) is 2.32. The van der Waals surface area contributed by atoms with Gasteiger partial charge >= 0.3 is 0 Å². The average molecular weight is 341 g/mol. The molecule has 0 bridgehead atoms. The van der Waals surface area contributed by atoms with E-state index in [0.717, 1.165) is 18.4 Å². The van der Waals surface area contributed by atoms with Gasteiger partial charge in [0, 0.05) is 12.1 Å². The van der Waals surface area contributed by atoms with Gasteiger partial charge in [-0.2, -0.15) is 0 Å². The summed E-state index contributed by atoms with van der Waals surface area (Å²) >= 11 is 0. The van der Waals surface area contributed by atoms with Gasteiger partial charge in [0.15, 0.2) is 0 Å². The standard InChI is InChI=1S/C17H27NO6/c1-2-3-4-12-5-6-13(15(23)14(12)7-19)16(24)18-8-17(9-20,10-21)11-22/h5-6,19-23H,2-4,7-11H2,1H3,(H,18,24). The van der Waals surface area contributed by atoms with Crippen molar-refractivity contribution >= 4 is 5.91 Å². The van der Waals surface area contributed by atoms with E-state index in [1.165, 1.54) is 6.07 Å². The average Bonchev–Trinajstić information content (AvgIpc) is 2.61. The number of hydrogen-bond donors (Lipinski definition) is 6. The Balaban J connectivity index is 2.95. The quantitative estimate of drug-likeness (QED) is 0.353. The van der Waals surface area contributed by atoms with Crippen molar-refractivity contribution in [2.75, 3.05) is 26.4 Å². The molecule has 0 aromatic heterocycles. The lowest BCUT2D eigenvalue weighted by atomic mass is 9.91. The molecule has 1 rings (SSSR count). The van der Waals surface area contributed by atoms with Gasteiger partial charge in [-0.25, -0.2) is 0 Å². The van der Waals surface area contributed by atoms with Crippen molar-refractivity contribution < 1.29 is 30.3 Å². The van der Waals surface area contributed by atoms with Crippen molar-refractivity contribution in [3.63, 3.8) is 0 Å². The highest BCUT2D eigenvalue weighted by Crippen LogP contribution is 2.27. The highest BCUT2D eigenvalue weighted by Gasteiger charge is 2.29. The van der Waals surface area contributed by atoms with Crippen LogP contribution in [-0.2, 0) is 13.0 Å². The van der Waals surface area contributed by atoms with Crippen LogP contribution in [-0.4, -0.2) is 57.8 Å². The van der Waals surface area contributed by atoms with E-state index in [4.69, 9.17) is 0 Å². The number of phenols is 1. The van der Waals surface area contributed by atoms with Gasteiger partial charge in [0.05, 0.1) is 37.4 Å². The number of benzene rings is 1. The number of rotatable bonds is 10. The molecule has 24 heavy (non-hydrogen) atoms. The van der Waals surface area contributed by atoms with Crippen molar-refractivity contribution in [2.45, 2.75) is 32.8 Å². The molecule has 0 atom stereocenters. The van der Waals surface area contributed by atoms with Crippen molar-refractivity contribution in [3.8, 4) is 5.75 Å². The predicted molar refractivity (Wildman–Crippen MR) is 88.7 cm³/mol. The van der Waals surface area contributed by atoms with Crippen molar-refractivity contribution in [2.24, 2.45) is 5.41 Å². The Morgan fingerprint density at radius 1 is 1.12 bits per heavy atom. The van der Waals surface area contributed by atoms with Gasteiger partial charge in [0.25, 0.3) is 5.91 Å². The summed E-state index contributed by atoms with van der Waals surface area (Å²) in [5.74, 6) is -0.879. The summed E-state index contributed by atoms with van der Waals surface area (Å²) in [7, 11) is 0. The summed E-state index contributed by atoms with van der Waals surface area (Å²) in [6, 6.07) is 3.18. The summed E-state index contributed by atoms with van der Waals surface area (Å²) in [6.45, 7) is 0.0228. The molecule has 0 radical (unpaired) electrons. The minimum Gasteiger partial charge on any atom is -0.507 e.